The molecule has 7 nitrogen and oxygen atoms in total. The molecule has 2 aromatic heterocycles. The summed E-state index contributed by atoms with van der Waals surface area (Å²) in [6.45, 7) is 8.41. The predicted octanol–water partition coefficient (Wildman–Crippen LogP) is 2.23. The number of carbonyl (C=O) groups is 1. The van der Waals surface area contributed by atoms with Crippen LogP contribution in [0.15, 0.2) is 35.8 Å². The van der Waals surface area contributed by atoms with Gasteiger partial charge in [0.2, 0.25) is 5.91 Å². The number of hydrogen-bond donors (Lipinski definition) is 2. The average molecular weight is 419 g/mol. The van der Waals surface area contributed by atoms with E-state index in [0.717, 1.165) is 36.9 Å². The first-order valence-corrected chi connectivity index (χ1v) is 10.9. The lowest BCUT2D eigenvalue weighted by molar-refractivity contribution is -0.115. The molecule has 0 aromatic carbocycles. The number of anilines is 2. The van der Waals surface area contributed by atoms with Crippen molar-refractivity contribution in [2.45, 2.75) is 32.5 Å². The highest BCUT2D eigenvalue weighted by Crippen LogP contribution is 2.17. The Balaban J connectivity index is 1.42. The van der Waals surface area contributed by atoms with Gasteiger partial charge in [-0.2, -0.15) is 0 Å². The number of carbonyl (C=O) groups excluding carboxylic acids is 1. The quantitative estimate of drug-likeness (QED) is 0.650. The monoisotopic (exact) mass is 418 g/mol. The third kappa shape index (κ3) is 7.08. The summed E-state index contributed by atoms with van der Waals surface area (Å²) >= 11 is 1.58. The van der Waals surface area contributed by atoms with Crippen LogP contribution in [0, 0.1) is 0 Å². The summed E-state index contributed by atoms with van der Waals surface area (Å²) in [5.74, 6) is 0.875. The SMILES string of the molecule is CC(C)OCC(O)CN1CCN(c2ccc(NC(=O)Cc3cccs3)cn2)CC1. The van der Waals surface area contributed by atoms with Crippen molar-refractivity contribution in [2.24, 2.45) is 0 Å². The molecule has 1 atom stereocenters. The van der Waals surface area contributed by atoms with Gasteiger partial charge in [-0.15, -0.1) is 11.3 Å². The standard InChI is InChI=1S/C21H30N4O3S/c1-16(2)28-15-18(26)14-24-7-9-25(10-8-24)20-6-5-17(13-22-20)23-21(27)12-19-4-3-11-29-19/h3-6,11,13,16,18,26H,7-10,12,14-15H2,1-2H3,(H,23,27). The highest BCUT2D eigenvalue weighted by molar-refractivity contribution is 7.10. The average Bonchev–Trinajstić information content (AvgIpc) is 3.20. The number of nitrogens with one attached hydrogen (secondary N) is 1. The number of ether oxygens (including phenoxy) is 1. The highest BCUT2D eigenvalue weighted by Gasteiger charge is 2.20. The molecule has 0 aliphatic carbocycles. The Bertz CT molecular complexity index is 744. The third-order valence-corrected chi connectivity index (χ3v) is 5.61. The molecule has 1 unspecified atom stereocenters. The van der Waals surface area contributed by atoms with Gasteiger partial charge in [-0.05, 0) is 37.4 Å². The van der Waals surface area contributed by atoms with Crippen LogP contribution in [0.1, 0.15) is 18.7 Å². The first kappa shape index (κ1) is 21.7. The van der Waals surface area contributed by atoms with Gasteiger partial charge in [0.25, 0.3) is 0 Å². The lowest BCUT2D eigenvalue weighted by atomic mass is 10.2. The van der Waals surface area contributed by atoms with Gasteiger partial charge >= 0.3 is 0 Å². The van der Waals surface area contributed by atoms with E-state index in [0.29, 0.717) is 25.3 Å². The fourth-order valence-corrected chi connectivity index (χ4v) is 3.94. The number of β-amino-alcohol motifs (C(OH)–C–C–N with tert-alkyl or cyclic N) is 1. The van der Waals surface area contributed by atoms with Crippen molar-refractivity contribution >= 4 is 28.7 Å². The van der Waals surface area contributed by atoms with Crippen LogP contribution in [-0.4, -0.2) is 72.4 Å². The second kappa shape index (κ2) is 10.7. The third-order valence-electron chi connectivity index (χ3n) is 4.73. The molecule has 3 rings (SSSR count). The van der Waals surface area contributed by atoms with Crippen LogP contribution in [0.5, 0.6) is 0 Å². The van der Waals surface area contributed by atoms with Crippen molar-refractivity contribution in [3.05, 3.63) is 40.7 Å². The molecule has 0 saturated carbocycles. The molecule has 3 heterocycles. The molecule has 8 heteroatoms. The molecule has 1 aliphatic rings. The highest BCUT2D eigenvalue weighted by atomic mass is 32.1. The van der Waals surface area contributed by atoms with Gasteiger partial charge in [0.05, 0.1) is 37.1 Å². The number of aliphatic hydroxyl groups is 1. The van der Waals surface area contributed by atoms with Crippen LogP contribution in [0.25, 0.3) is 0 Å². The number of nitrogens with zero attached hydrogens (tertiary/aromatic N) is 3. The summed E-state index contributed by atoms with van der Waals surface area (Å²) in [6, 6.07) is 7.75. The van der Waals surface area contributed by atoms with Crippen molar-refractivity contribution in [1.29, 1.82) is 0 Å². The molecule has 1 aliphatic heterocycles. The molecule has 0 spiro atoms. The number of amides is 1. The first-order valence-electron chi connectivity index (χ1n) is 10.0. The normalized spacial score (nSPS) is 16.2. The Hall–Kier alpha value is -2.00. The molecule has 0 radical (unpaired) electrons. The number of aromatic nitrogens is 1. The number of aliphatic hydroxyl groups excluding tert-OH is 1. The van der Waals surface area contributed by atoms with Gasteiger partial charge in [0, 0.05) is 37.6 Å². The van der Waals surface area contributed by atoms with E-state index in [1.54, 1.807) is 17.5 Å². The van der Waals surface area contributed by atoms with E-state index in [2.05, 4.69) is 20.1 Å². The molecule has 2 aromatic rings. The Morgan fingerprint density at radius 1 is 1.28 bits per heavy atom. The number of rotatable bonds is 9. The zero-order valence-electron chi connectivity index (χ0n) is 17.1. The number of thiophene rings is 1. The van der Waals surface area contributed by atoms with Crippen LogP contribution in [-0.2, 0) is 16.0 Å². The minimum atomic E-state index is -0.459. The van der Waals surface area contributed by atoms with E-state index in [9.17, 15) is 9.90 Å². The van der Waals surface area contributed by atoms with Gasteiger partial charge in [-0.25, -0.2) is 4.98 Å². The Kier molecular flexibility index (Phi) is 8.00. The summed E-state index contributed by atoms with van der Waals surface area (Å²) in [5, 5.41) is 15.0. The maximum atomic E-state index is 12.1. The van der Waals surface area contributed by atoms with Crippen molar-refractivity contribution < 1.29 is 14.6 Å². The lowest BCUT2D eigenvalue weighted by Gasteiger charge is -2.36. The van der Waals surface area contributed by atoms with Crippen LogP contribution in [0.2, 0.25) is 0 Å². The zero-order valence-corrected chi connectivity index (χ0v) is 17.9. The smallest absolute Gasteiger partial charge is 0.229 e. The number of piperazine rings is 1. The largest absolute Gasteiger partial charge is 0.389 e. The Morgan fingerprint density at radius 2 is 2.07 bits per heavy atom. The van der Waals surface area contributed by atoms with Crippen molar-refractivity contribution in [1.82, 2.24) is 9.88 Å². The Morgan fingerprint density at radius 3 is 2.69 bits per heavy atom. The minimum absolute atomic E-state index is 0.0318. The summed E-state index contributed by atoms with van der Waals surface area (Å²) in [4.78, 5) is 22.1. The predicted molar refractivity (Wildman–Crippen MR) is 117 cm³/mol. The maximum Gasteiger partial charge on any atom is 0.229 e. The fraction of sp³-hybridized carbons (Fsp3) is 0.524. The van der Waals surface area contributed by atoms with Crippen LogP contribution >= 0.6 is 11.3 Å². The van der Waals surface area contributed by atoms with Crippen LogP contribution in [0.3, 0.4) is 0 Å². The summed E-state index contributed by atoms with van der Waals surface area (Å²) in [5.41, 5.74) is 0.710. The second-order valence-corrected chi connectivity index (χ2v) is 8.57. The maximum absolute atomic E-state index is 12.1. The van der Waals surface area contributed by atoms with Crippen LogP contribution in [0.4, 0.5) is 11.5 Å². The van der Waals surface area contributed by atoms with E-state index in [4.69, 9.17) is 4.74 Å². The fourth-order valence-electron chi connectivity index (χ4n) is 3.24. The van der Waals surface area contributed by atoms with Gasteiger partial charge in [0.15, 0.2) is 0 Å². The van der Waals surface area contributed by atoms with Gasteiger partial charge in [-0.3, -0.25) is 9.69 Å². The number of pyridine rings is 1. The topological polar surface area (TPSA) is 77.9 Å². The zero-order chi connectivity index (χ0) is 20.6. The minimum Gasteiger partial charge on any atom is -0.389 e. The Labute approximate surface area is 176 Å². The summed E-state index contributed by atoms with van der Waals surface area (Å²) in [7, 11) is 0. The molecule has 29 heavy (non-hydrogen) atoms. The van der Waals surface area contributed by atoms with E-state index in [1.165, 1.54) is 0 Å². The van der Waals surface area contributed by atoms with Gasteiger partial charge in [0.1, 0.15) is 5.82 Å². The van der Waals surface area contributed by atoms with Gasteiger partial charge < -0.3 is 20.1 Å². The summed E-state index contributed by atoms with van der Waals surface area (Å²) < 4.78 is 5.48. The molecular weight excluding hydrogens is 388 g/mol. The molecule has 0 bridgehead atoms. The lowest BCUT2D eigenvalue weighted by Crippen LogP contribution is -2.49. The van der Waals surface area contributed by atoms with Crippen molar-refractivity contribution in [3.8, 4) is 0 Å². The molecule has 1 saturated heterocycles. The van der Waals surface area contributed by atoms with E-state index < -0.39 is 6.10 Å². The van der Waals surface area contributed by atoms with E-state index >= 15 is 0 Å². The molecule has 2 N–H and O–H groups in total. The number of hydrogen-bond acceptors (Lipinski definition) is 7. The van der Waals surface area contributed by atoms with Crippen molar-refractivity contribution in [3.63, 3.8) is 0 Å². The second-order valence-electron chi connectivity index (χ2n) is 7.53. The van der Waals surface area contributed by atoms with E-state index in [-0.39, 0.29) is 12.0 Å². The molecule has 1 amide bonds. The van der Waals surface area contributed by atoms with E-state index in [1.807, 2.05) is 43.5 Å². The molecule has 1 fully saturated rings. The van der Waals surface area contributed by atoms with Crippen LogP contribution < -0.4 is 10.2 Å². The first-order chi connectivity index (χ1) is 14.0. The molecule has 158 valence electrons. The van der Waals surface area contributed by atoms with Crippen molar-refractivity contribution in [2.75, 3.05) is 49.5 Å². The summed E-state index contributed by atoms with van der Waals surface area (Å²) in [6.07, 6.45) is 1.77. The molecular formula is C21H30N4O3S. The van der Waals surface area contributed by atoms with Gasteiger partial charge in [-0.1, -0.05) is 6.07 Å².